The first-order valence-corrected chi connectivity index (χ1v) is 6.65. The van der Waals surface area contributed by atoms with Crippen LogP contribution in [0.3, 0.4) is 0 Å². The van der Waals surface area contributed by atoms with Crippen LogP contribution >= 0.6 is 0 Å². The minimum absolute atomic E-state index is 0.803. The van der Waals surface area contributed by atoms with Crippen molar-refractivity contribution < 1.29 is 0 Å². The molecule has 0 saturated carbocycles. The van der Waals surface area contributed by atoms with Crippen molar-refractivity contribution >= 4 is 5.82 Å². The minimum atomic E-state index is 0.803. The van der Waals surface area contributed by atoms with Crippen molar-refractivity contribution in [3.05, 3.63) is 17.6 Å². The summed E-state index contributed by atoms with van der Waals surface area (Å²) in [7, 11) is 1.88. The zero-order chi connectivity index (χ0) is 13.8. The van der Waals surface area contributed by atoms with E-state index in [-0.39, 0.29) is 0 Å². The molecule has 2 aromatic heterocycles. The van der Waals surface area contributed by atoms with Crippen LogP contribution in [-0.4, -0.2) is 32.0 Å². The Labute approximate surface area is 113 Å². The lowest BCUT2D eigenvalue weighted by molar-refractivity contribution is 0.583. The van der Waals surface area contributed by atoms with Gasteiger partial charge in [-0.15, -0.1) is 5.10 Å². The second kappa shape index (κ2) is 5.77. The maximum Gasteiger partial charge on any atom is 0.133 e. The first-order valence-electron chi connectivity index (χ1n) is 6.65. The van der Waals surface area contributed by atoms with Gasteiger partial charge in [0, 0.05) is 25.6 Å². The number of hydrogen-bond acceptors (Lipinski definition) is 5. The molecule has 0 unspecified atom stereocenters. The Morgan fingerprint density at radius 2 is 2.05 bits per heavy atom. The van der Waals surface area contributed by atoms with Gasteiger partial charge >= 0.3 is 0 Å². The van der Waals surface area contributed by atoms with Gasteiger partial charge in [-0.1, -0.05) is 19.1 Å². The molecule has 0 radical (unpaired) electrons. The number of rotatable bonds is 5. The van der Waals surface area contributed by atoms with Crippen LogP contribution in [0.1, 0.15) is 31.7 Å². The molecule has 6 heteroatoms. The summed E-state index contributed by atoms with van der Waals surface area (Å²) in [5.74, 6) is 1.69. The second-order valence-electron chi connectivity index (χ2n) is 4.41. The van der Waals surface area contributed by atoms with Crippen molar-refractivity contribution in [1.29, 1.82) is 0 Å². The van der Waals surface area contributed by atoms with E-state index in [0.717, 1.165) is 48.0 Å². The number of aromatic nitrogens is 5. The Kier molecular flexibility index (Phi) is 4.09. The van der Waals surface area contributed by atoms with E-state index in [1.54, 1.807) is 6.20 Å². The molecule has 6 nitrogen and oxygen atoms in total. The second-order valence-corrected chi connectivity index (χ2v) is 4.41. The normalized spacial score (nSPS) is 10.7. The molecule has 0 aromatic carbocycles. The third-order valence-corrected chi connectivity index (χ3v) is 3.04. The van der Waals surface area contributed by atoms with Crippen molar-refractivity contribution in [3.63, 3.8) is 0 Å². The molecule has 0 amide bonds. The third kappa shape index (κ3) is 2.57. The molecule has 2 rings (SSSR count). The highest BCUT2D eigenvalue weighted by atomic mass is 15.4. The Morgan fingerprint density at radius 3 is 2.68 bits per heavy atom. The molecular weight excluding hydrogens is 240 g/mol. The van der Waals surface area contributed by atoms with Crippen molar-refractivity contribution in [2.24, 2.45) is 0 Å². The van der Waals surface area contributed by atoms with Gasteiger partial charge < -0.3 is 5.32 Å². The standard InChI is InChI=1S/C13H20N6/c1-5-7-19-10(8-15-18-19)12-9(3)13(14-4)17-11(6-2)16-12/h8H,5-7H2,1-4H3,(H,14,16,17). The predicted octanol–water partition coefficient (Wildman–Crippen LogP) is 2.06. The maximum atomic E-state index is 4.63. The van der Waals surface area contributed by atoms with Gasteiger partial charge in [0.25, 0.3) is 0 Å². The topological polar surface area (TPSA) is 68.5 Å². The number of nitrogens with zero attached hydrogens (tertiary/aromatic N) is 5. The summed E-state index contributed by atoms with van der Waals surface area (Å²) in [5.41, 5.74) is 2.89. The van der Waals surface area contributed by atoms with E-state index in [2.05, 4.69) is 39.4 Å². The summed E-state index contributed by atoms with van der Waals surface area (Å²) >= 11 is 0. The molecule has 0 fully saturated rings. The highest BCUT2D eigenvalue weighted by Crippen LogP contribution is 2.25. The zero-order valence-corrected chi connectivity index (χ0v) is 11.9. The van der Waals surface area contributed by atoms with E-state index < -0.39 is 0 Å². The Hall–Kier alpha value is -1.98. The van der Waals surface area contributed by atoms with Crippen molar-refractivity contribution in [3.8, 4) is 11.4 Å². The van der Waals surface area contributed by atoms with Gasteiger partial charge in [-0.3, -0.25) is 0 Å². The Morgan fingerprint density at radius 1 is 1.26 bits per heavy atom. The van der Waals surface area contributed by atoms with Gasteiger partial charge in [0.15, 0.2) is 0 Å². The van der Waals surface area contributed by atoms with Crippen LogP contribution in [0, 0.1) is 6.92 Å². The van der Waals surface area contributed by atoms with Gasteiger partial charge in [-0.2, -0.15) is 0 Å². The fraction of sp³-hybridized carbons (Fsp3) is 0.538. The highest BCUT2D eigenvalue weighted by molar-refractivity contribution is 5.64. The molecule has 2 aromatic rings. The fourth-order valence-electron chi connectivity index (χ4n) is 2.03. The number of aryl methyl sites for hydroxylation is 2. The van der Waals surface area contributed by atoms with Crippen LogP contribution in [0.4, 0.5) is 5.82 Å². The van der Waals surface area contributed by atoms with Crippen LogP contribution in [0.2, 0.25) is 0 Å². The van der Waals surface area contributed by atoms with E-state index in [0.29, 0.717) is 0 Å². The first-order chi connectivity index (χ1) is 9.21. The first kappa shape index (κ1) is 13.5. The van der Waals surface area contributed by atoms with Gasteiger partial charge in [0.05, 0.1) is 11.9 Å². The predicted molar refractivity (Wildman–Crippen MR) is 75.0 cm³/mol. The minimum Gasteiger partial charge on any atom is -0.373 e. The highest BCUT2D eigenvalue weighted by Gasteiger charge is 2.15. The van der Waals surface area contributed by atoms with Crippen LogP contribution in [0.25, 0.3) is 11.4 Å². The Balaban J connectivity index is 2.57. The van der Waals surface area contributed by atoms with Gasteiger partial charge in [-0.05, 0) is 13.3 Å². The maximum absolute atomic E-state index is 4.63. The molecule has 0 aliphatic rings. The zero-order valence-electron chi connectivity index (χ0n) is 11.9. The lowest BCUT2D eigenvalue weighted by Gasteiger charge is -2.12. The van der Waals surface area contributed by atoms with Gasteiger partial charge in [0.1, 0.15) is 17.3 Å². The molecular formula is C13H20N6. The summed E-state index contributed by atoms with van der Waals surface area (Å²) in [6.45, 7) is 7.03. The molecule has 0 saturated heterocycles. The smallest absolute Gasteiger partial charge is 0.133 e. The van der Waals surface area contributed by atoms with E-state index in [1.165, 1.54) is 0 Å². The molecule has 0 aliphatic carbocycles. The number of anilines is 1. The van der Waals surface area contributed by atoms with Crippen LogP contribution in [0.15, 0.2) is 6.20 Å². The molecule has 2 heterocycles. The molecule has 19 heavy (non-hydrogen) atoms. The van der Waals surface area contributed by atoms with E-state index in [9.17, 15) is 0 Å². The number of hydrogen-bond donors (Lipinski definition) is 1. The van der Waals surface area contributed by atoms with Crippen LogP contribution < -0.4 is 5.32 Å². The van der Waals surface area contributed by atoms with Crippen molar-refractivity contribution in [2.45, 2.75) is 40.2 Å². The van der Waals surface area contributed by atoms with E-state index in [1.807, 2.05) is 18.7 Å². The summed E-state index contributed by atoms with van der Waals surface area (Å²) in [6.07, 6.45) is 3.58. The number of nitrogens with one attached hydrogen (secondary N) is 1. The van der Waals surface area contributed by atoms with Crippen molar-refractivity contribution in [1.82, 2.24) is 25.0 Å². The monoisotopic (exact) mass is 260 g/mol. The van der Waals surface area contributed by atoms with E-state index in [4.69, 9.17) is 0 Å². The molecule has 0 spiro atoms. The van der Waals surface area contributed by atoms with Gasteiger partial charge in [-0.25, -0.2) is 14.6 Å². The summed E-state index contributed by atoms with van der Waals surface area (Å²) in [5, 5.41) is 11.2. The molecule has 0 aliphatic heterocycles. The quantitative estimate of drug-likeness (QED) is 0.891. The lowest BCUT2D eigenvalue weighted by atomic mass is 10.1. The molecule has 0 atom stereocenters. The molecule has 0 bridgehead atoms. The summed E-state index contributed by atoms with van der Waals surface area (Å²) in [4.78, 5) is 9.12. The molecule has 102 valence electrons. The average molecular weight is 260 g/mol. The van der Waals surface area contributed by atoms with Crippen LogP contribution in [-0.2, 0) is 13.0 Å². The SMILES string of the molecule is CCCn1nncc1-c1nc(CC)nc(NC)c1C. The lowest BCUT2D eigenvalue weighted by Crippen LogP contribution is -2.08. The average Bonchev–Trinajstić information content (AvgIpc) is 2.87. The van der Waals surface area contributed by atoms with E-state index >= 15 is 0 Å². The van der Waals surface area contributed by atoms with Gasteiger partial charge in [0.2, 0.25) is 0 Å². The summed E-state index contributed by atoms with van der Waals surface area (Å²) < 4.78 is 1.90. The Bertz CT molecular complexity index is 560. The van der Waals surface area contributed by atoms with Crippen LogP contribution in [0.5, 0.6) is 0 Å². The largest absolute Gasteiger partial charge is 0.373 e. The third-order valence-electron chi connectivity index (χ3n) is 3.04. The van der Waals surface area contributed by atoms with Crippen molar-refractivity contribution in [2.75, 3.05) is 12.4 Å². The summed E-state index contributed by atoms with van der Waals surface area (Å²) in [6, 6.07) is 0. The molecule has 1 N–H and O–H groups in total. The fourth-order valence-corrected chi connectivity index (χ4v) is 2.03.